The minimum atomic E-state index is -1.86. The molecule has 8 N–H and O–H groups in total. The molecule has 0 radical (unpaired) electrons. The van der Waals surface area contributed by atoms with E-state index in [1.807, 2.05) is 48.5 Å². The molecule has 1 aliphatic carbocycles. The van der Waals surface area contributed by atoms with Gasteiger partial charge in [0.2, 0.25) is 41.9 Å². The summed E-state index contributed by atoms with van der Waals surface area (Å²) in [6.07, 6.45) is -14.4. The molecule has 6 aliphatic rings. The summed E-state index contributed by atoms with van der Waals surface area (Å²) in [5.41, 5.74) is 3.49. The Balaban J connectivity index is 0.692. The first-order chi connectivity index (χ1) is 65.7. The van der Waals surface area contributed by atoms with Crippen molar-refractivity contribution in [3.8, 4) is 16.9 Å². The highest BCUT2D eigenvalue weighted by Gasteiger charge is 2.57. The van der Waals surface area contributed by atoms with E-state index in [1.165, 1.54) is 18.2 Å². The molecule has 8 amide bonds. The van der Waals surface area contributed by atoms with E-state index in [0.717, 1.165) is 50.1 Å². The van der Waals surface area contributed by atoms with Gasteiger partial charge in [0.25, 0.3) is 0 Å². The highest BCUT2D eigenvalue weighted by Crippen LogP contribution is 2.45. The van der Waals surface area contributed by atoms with E-state index < -0.39 is 176 Å². The van der Waals surface area contributed by atoms with Crippen LogP contribution in [0.4, 0.5) is 14.4 Å². The molecule has 9 rings (SSSR count). The number of esters is 4. The topological polar surface area (TPSA) is 532 Å². The van der Waals surface area contributed by atoms with Crippen LogP contribution in [0.5, 0.6) is 5.75 Å². The second kappa shape index (κ2) is 59.8. The van der Waals surface area contributed by atoms with Crippen LogP contribution >= 0.6 is 0 Å². The highest BCUT2D eigenvalue weighted by atomic mass is 16.7. The summed E-state index contributed by atoms with van der Waals surface area (Å²) >= 11 is 0. The van der Waals surface area contributed by atoms with Gasteiger partial charge in [0.05, 0.1) is 210 Å². The van der Waals surface area contributed by atoms with Gasteiger partial charge < -0.3 is 161 Å². The number of hydrogen-bond acceptors (Lipinski definition) is 37. The summed E-state index contributed by atoms with van der Waals surface area (Å²) in [5.74, 6) is -7.16. The maximum Gasteiger partial charge on any atom is 0.408 e. The van der Waals surface area contributed by atoms with Crippen molar-refractivity contribution in [3.63, 3.8) is 0 Å². The number of hydrogen-bond donors (Lipinski definition) is 8. The normalized spacial score (nSPS) is 21.5. The van der Waals surface area contributed by atoms with Crippen molar-refractivity contribution in [1.29, 1.82) is 0 Å². The number of fused-ring (bicyclic) bond motifs is 5. The number of carbonyl (C=O) groups excluding carboxylic acids is 12. The van der Waals surface area contributed by atoms with E-state index in [2.05, 4.69) is 42.5 Å². The molecule has 0 spiro atoms. The fraction of sp³-hybridized carbons (Fsp3) is 0.670. The van der Waals surface area contributed by atoms with Gasteiger partial charge >= 0.3 is 42.2 Å². The molecule has 5 aliphatic heterocycles. The Morgan fingerprint density at radius 1 is 0.441 bits per heavy atom. The standard InChI is InChI=1S/C91H132N8O37/c1-57(100)131-81-82(132-58(2)101)84(133-59(3)102)87(135-83(81)86(108)113-8)134-72-21-20-60(51-129-88(109)94-50-76(106)97-70-55-127-80-71(56-128-79(70)80)99-90(111)136-91(4,5)6)48-61(72)49-93-73(103)22-24-92-85(107)67(98-89(110)130-52-66-64-16-11-9-14-62(64)63-15-10-12-17-65(63)66)18-13-19-74(104)95-68-53-125-78-69(54-126-77(68)78)96-75(105)23-25-114-28-29-116-32-33-118-36-37-120-40-41-122-44-45-124-47-46-123-43-42-121-39-38-119-35-34-117-31-30-115-27-26-112-7/h9-12,14-17,20-21,48,66-71,77-84,87H,13,18-19,22-47,49-56H2,1-8H3,(H,92,107)(H,93,103)(H,94,109)(H,95,104)(H,96,105)(H,97,106)(H,98,110)(H,99,111)/t67-,68-,69-,70-,71-,77+,78+,79+,80+,81-,82-,83-,84+,87+/m0/s1. The van der Waals surface area contributed by atoms with Crippen molar-refractivity contribution >= 4 is 71.7 Å². The summed E-state index contributed by atoms with van der Waals surface area (Å²) in [4.78, 5) is 159. The Morgan fingerprint density at radius 3 is 1.35 bits per heavy atom. The monoisotopic (exact) mass is 1930 g/mol. The zero-order chi connectivity index (χ0) is 97.4. The maximum atomic E-state index is 14.3. The van der Waals surface area contributed by atoms with Crippen molar-refractivity contribution in [3.05, 3.63) is 89.0 Å². The van der Waals surface area contributed by atoms with Crippen LogP contribution in [0.15, 0.2) is 66.7 Å². The molecule has 5 saturated heterocycles. The van der Waals surface area contributed by atoms with Gasteiger partial charge in [-0.2, -0.15) is 0 Å². The van der Waals surface area contributed by atoms with E-state index in [0.29, 0.717) is 132 Å². The molecule has 0 bridgehead atoms. The number of nitrogens with one attached hydrogen (secondary N) is 8. The van der Waals surface area contributed by atoms with Gasteiger partial charge in [-0.05, 0) is 73.6 Å². The van der Waals surface area contributed by atoms with E-state index in [1.54, 1.807) is 27.9 Å². The Bertz CT molecular complexity index is 4200. The van der Waals surface area contributed by atoms with Crippen molar-refractivity contribution in [2.24, 2.45) is 0 Å². The fourth-order valence-corrected chi connectivity index (χ4v) is 15.2. The van der Waals surface area contributed by atoms with Crippen LogP contribution in [0, 0.1) is 0 Å². The molecule has 14 atom stereocenters. The predicted molar refractivity (Wildman–Crippen MR) is 471 cm³/mol. The minimum Gasteiger partial charge on any atom is -0.467 e. The molecular formula is C91H132N8O37. The number of alkyl carbamates (subject to hydrolysis) is 3. The van der Waals surface area contributed by atoms with Crippen molar-refractivity contribution in [2.45, 2.75) is 184 Å². The van der Waals surface area contributed by atoms with Crippen LogP contribution in [-0.2, 0) is 170 Å². The lowest BCUT2D eigenvalue weighted by Gasteiger charge is -2.43. The third kappa shape index (κ3) is 38.3. The quantitative estimate of drug-likeness (QED) is 0.0225. The number of benzene rings is 3. The van der Waals surface area contributed by atoms with E-state index >= 15 is 0 Å². The number of rotatable bonds is 63. The molecule has 136 heavy (non-hydrogen) atoms. The Kier molecular flexibility index (Phi) is 48.2. The van der Waals surface area contributed by atoms with Gasteiger partial charge in [-0.1, -0.05) is 54.6 Å². The lowest BCUT2D eigenvalue weighted by molar-refractivity contribution is -0.282. The molecule has 0 aromatic heterocycles. The molecule has 0 unspecified atom stereocenters. The van der Waals surface area contributed by atoms with E-state index in [9.17, 15) is 57.5 Å². The molecule has 45 nitrogen and oxygen atoms in total. The molecule has 45 heteroatoms. The second-order valence-electron chi connectivity index (χ2n) is 32.8. The Morgan fingerprint density at radius 2 is 0.882 bits per heavy atom. The van der Waals surface area contributed by atoms with Crippen molar-refractivity contribution in [1.82, 2.24) is 42.5 Å². The predicted octanol–water partition coefficient (Wildman–Crippen LogP) is 1.35. The Hall–Kier alpha value is -10.2. The fourth-order valence-electron chi connectivity index (χ4n) is 15.2. The smallest absolute Gasteiger partial charge is 0.408 e. The lowest BCUT2D eigenvalue weighted by Crippen LogP contribution is -2.64. The summed E-state index contributed by atoms with van der Waals surface area (Å²) in [5, 5.41) is 21.9. The first-order valence-corrected chi connectivity index (χ1v) is 45.5. The van der Waals surface area contributed by atoms with Crippen LogP contribution in [-0.4, -0.2) is 375 Å². The SMILES string of the molecule is COCCOCCOCCOCCOCCOCCOCCOCCOCCOCCOCCOCCC(=O)N[C@H]1CO[C@H]2[C@@H]1OC[C@@H]2NC(=O)CCC[C@H](NC(=O)OCC1c2ccccc2-c2ccccc21)C(=O)NCCC(=O)NCc1cc(COC(=O)NCC(=O)N[C@H]2CO[C@H]3[C@@H]2OC[C@@H]3NC(=O)OC(C)(C)C)ccc1O[C@@H]1O[C@H](C(=O)OC)[C@@H](OC(C)=O)[C@H](OC(C)=O)[C@H]1OC(C)=O. The first-order valence-electron chi connectivity index (χ1n) is 45.5. The summed E-state index contributed by atoms with van der Waals surface area (Å²) < 4.78 is 140. The van der Waals surface area contributed by atoms with Crippen LogP contribution in [0.25, 0.3) is 11.1 Å². The lowest BCUT2D eigenvalue weighted by atomic mass is 9.97. The van der Waals surface area contributed by atoms with Crippen molar-refractivity contribution in [2.75, 3.05) is 212 Å². The van der Waals surface area contributed by atoms with E-state index in [-0.39, 0.29) is 120 Å². The van der Waals surface area contributed by atoms with Crippen molar-refractivity contribution < 1.29 is 176 Å². The zero-order valence-corrected chi connectivity index (χ0v) is 78.3. The first kappa shape index (κ1) is 109. The van der Waals surface area contributed by atoms with Gasteiger partial charge in [-0.25, -0.2) is 19.2 Å². The molecule has 758 valence electrons. The molecule has 5 fully saturated rings. The van der Waals surface area contributed by atoms with Gasteiger partial charge in [0.1, 0.15) is 61.6 Å². The van der Waals surface area contributed by atoms with Gasteiger partial charge in [0.15, 0.2) is 18.3 Å². The number of methoxy groups -OCH3 is 2. The Labute approximate surface area is 788 Å². The molecule has 3 aromatic carbocycles. The number of ether oxygens (including phenoxy) is 25. The third-order valence-corrected chi connectivity index (χ3v) is 21.4. The molecule has 3 aromatic rings. The molecule has 5 heterocycles. The summed E-state index contributed by atoms with van der Waals surface area (Å²) in [7, 11) is 2.64. The zero-order valence-electron chi connectivity index (χ0n) is 78.3. The highest BCUT2D eigenvalue weighted by molar-refractivity contribution is 5.87. The number of amides is 8. The van der Waals surface area contributed by atoms with Crippen LogP contribution in [0.2, 0.25) is 0 Å². The van der Waals surface area contributed by atoms with Crippen LogP contribution < -0.4 is 47.3 Å². The number of carbonyl (C=O) groups is 12. The summed E-state index contributed by atoms with van der Waals surface area (Å²) in [6, 6.07) is 16.1. The van der Waals surface area contributed by atoms with Crippen LogP contribution in [0.3, 0.4) is 0 Å². The van der Waals surface area contributed by atoms with Gasteiger partial charge in [0, 0.05) is 71.7 Å². The molecule has 0 saturated carbocycles. The largest absolute Gasteiger partial charge is 0.467 e. The second-order valence-corrected chi connectivity index (χ2v) is 32.8. The third-order valence-electron chi connectivity index (χ3n) is 21.4. The molecular weight excluding hydrogens is 1800 g/mol. The average Bonchev–Trinajstić information content (AvgIpc) is 1.68. The maximum absolute atomic E-state index is 14.3. The van der Waals surface area contributed by atoms with Crippen LogP contribution in [0.1, 0.15) is 102 Å². The summed E-state index contributed by atoms with van der Waals surface area (Å²) in [6.45, 7) is 16.4. The average molecular weight is 1930 g/mol. The van der Waals surface area contributed by atoms with E-state index in [4.69, 9.17) is 118 Å². The van der Waals surface area contributed by atoms with Gasteiger partial charge in [-0.3, -0.25) is 38.4 Å². The van der Waals surface area contributed by atoms with Gasteiger partial charge in [-0.15, -0.1) is 0 Å². The minimum absolute atomic E-state index is 0.0444.